The van der Waals surface area contributed by atoms with Crippen molar-refractivity contribution >= 4 is 26.5 Å². The average Bonchev–Trinajstić information content (AvgIpc) is 3.48. The molecule has 0 unspecified atom stereocenters. The van der Waals surface area contributed by atoms with Gasteiger partial charge in [0.15, 0.2) is 8.32 Å². The van der Waals surface area contributed by atoms with E-state index in [2.05, 4.69) is 56.0 Å². The van der Waals surface area contributed by atoms with E-state index < -0.39 is 38.2 Å². The van der Waals surface area contributed by atoms with Crippen LogP contribution in [-0.4, -0.2) is 67.4 Å². The highest BCUT2D eigenvalue weighted by Crippen LogP contribution is 2.36. The molecule has 1 aliphatic heterocycles. The number of aliphatic imine (C=N–C) groups is 1. The first kappa shape index (κ1) is 30.4. The fourth-order valence-electron chi connectivity index (χ4n) is 3.06. The number of aliphatic hydroxyl groups is 1. The molecular formula is C27H41N3O6Si. The van der Waals surface area contributed by atoms with Crippen molar-refractivity contribution in [2.45, 2.75) is 90.4 Å². The van der Waals surface area contributed by atoms with Gasteiger partial charge < -0.3 is 23.9 Å². The molecule has 2 N–H and O–H groups in total. The number of alkyl carbamates (subject to hydrolysis) is 1. The van der Waals surface area contributed by atoms with Crippen LogP contribution in [0, 0.1) is 11.8 Å². The molecule has 1 heterocycles. The van der Waals surface area contributed by atoms with Crippen LogP contribution in [0.1, 0.15) is 53.5 Å². The van der Waals surface area contributed by atoms with Crippen molar-refractivity contribution < 1.29 is 28.6 Å². The second-order valence-corrected chi connectivity index (χ2v) is 16.2. The average molecular weight is 532 g/mol. The van der Waals surface area contributed by atoms with E-state index in [1.54, 1.807) is 25.7 Å². The Morgan fingerprint density at radius 1 is 1.14 bits per heavy atom. The zero-order valence-electron chi connectivity index (χ0n) is 23.3. The number of benzene rings is 1. The molecule has 2 amide bonds. The topological polar surface area (TPSA) is 109 Å². The lowest BCUT2D eigenvalue weighted by Gasteiger charge is -2.35. The molecule has 1 fully saturated rings. The van der Waals surface area contributed by atoms with E-state index in [0.717, 1.165) is 5.56 Å². The maximum absolute atomic E-state index is 12.5. The Morgan fingerprint density at radius 3 is 2.35 bits per heavy atom. The zero-order valence-corrected chi connectivity index (χ0v) is 24.3. The molecule has 1 saturated heterocycles. The molecular weight excluding hydrogens is 490 g/mol. The Morgan fingerprint density at radius 2 is 1.78 bits per heavy atom. The summed E-state index contributed by atoms with van der Waals surface area (Å²) in [4.78, 5) is 30.4. The van der Waals surface area contributed by atoms with Gasteiger partial charge >= 0.3 is 12.2 Å². The minimum absolute atomic E-state index is 0.0315. The normalized spacial score (nSPS) is 18.0. The second-order valence-electron chi connectivity index (χ2n) is 11.4. The van der Waals surface area contributed by atoms with Crippen LogP contribution in [0.2, 0.25) is 18.1 Å². The van der Waals surface area contributed by atoms with Gasteiger partial charge in [0, 0.05) is 13.0 Å². The van der Waals surface area contributed by atoms with Crippen LogP contribution in [0.25, 0.3) is 0 Å². The third kappa shape index (κ3) is 9.83. The number of nitrogens with zero attached hydrogens (tertiary/aromatic N) is 2. The van der Waals surface area contributed by atoms with Crippen LogP contribution in [0.3, 0.4) is 0 Å². The summed E-state index contributed by atoms with van der Waals surface area (Å²) in [6.07, 6.45) is -1.13. The van der Waals surface area contributed by atoms with E-state index in [0.29, 0.717) is 13.0 Å². The van der Waals surface area contributed by atoms with E-state index in [1.165, 1.54) is 0 Å². The molecule has 0 saturated carbocycles. The molecule has 1 aromatic carbocycles. The third-order valence-electron chi connectivity index (χ3n) is 6.12. The molecule has 0 radical (unpaired) electrons. The van der Waals surface area contributed by atoms with Gasteiger partial charge in [-0.2, -0.15) is 0 Å². The van der Waals surface area contributed by atoms with Gasteiger partial charge in [-0.25, -0.2) is 9.59 Å². The smallest absolute Gasteiger partial charge is 0.437 e. The van der Waals surface area contributed by atoms with Crippen LogP contribution >= 0.6 is 0 Å². The van der Waals surface area contributed by atoms with Crippen molar-refractivity contribution in [3.8, 4) is 11.8 Å². The summed E-state index contributed by atoms with van der Waals surface area (Å²) in [6.45, 7) is 16.4. The van der Waals surface area contributed by atoms with Crippen molar-refractivity contribution in [2.24, 2.45) is 4.99 Å². The van der Waals surface area contributed by atoms with Crippen molar-refractivity contribution in [2.75, 3.05) is 13.2 Å². The Bertz CT molecular complexity index is 1020. The van der Waals surface area contributed by atoms with Crippen LogP contribution in [-0.2, 0) is 20.5 Å². The van der Waals surface area contributed by atoms with E-state index in [1.807, 2.05) is 30.3 Å². The SMILES string of the molecule is CC(C)(C)OC(=O)N/C(=N\C(=O)OCc1ccccc1)N1[C@@H](C#CCCO[Si](C)(C)C(C)(C)C)[C@@H]1CO. The van der Waals surface area contributed by atoms with Gasteiger partial charge in [-0.1, -0.05) is 62.9 Å². The molecule has 0 spiro atoms. The first-order valence-electron chi connectivity index (χ1n) is 12.5. The van der Waals surface area contributed by atoms with Gasteiger partial charge in [-0.15, -0.1) is 4.99 Å². The summed E-state index contributed by atoms with van der Waals surface area (Å²) in [6, 6.07) is 8.34. The number of carbonyl (C=O) groups is 2. The number of rotatable bonds is 6. The Kier molecular flexibility index (Phi) is 10.3. The number of carbonyl (C=O) groups excluding carboxylic acids is 2. The first-order chi connectivity index (χ1) is 17.1. The highest BCUT2D eigenvalue weighted by Gasteiger charge is 2.49. The zero-order chi connectivity index (χ0) is 27.9. The maximum atomic E-state index is 12.5. The highest BCUT2D eigenvalue weighted by molar-refractivity contribution is 6.74. The quantitative estimate of drug-likeness (QED) is 0.137. The van der Waals surface area contributed by atoms with E-state index >= 15 is 0 Å². The summed E-state index contributed by atoms with van der Waals surface area (Å²) in [5, 5.41) is 12.5. The van der Waals surface area contributed by atoms with E-state index in [9.17, 15) is 14.7 Å². The van der Waals surface area contributed by atoms with Crippen LogP contribution in [0.5, 0.6) is 0 Å². The molecule has 2 atom stereocenters. The standard InChI is InChI=1S/C27H41N3O6Si/c1-26(2,3)36-25(33)29-23(28-24(32)34-19-20-14-10-9-11-15-20)30-21(22(30)18-31)16-12-13-17-35-37(7,8)27(4,5)6/h9-11,14-15,21-22,31H,13,17-19H2,1-8H3,(H,28,29,32,33)/t21-,22-,30?/m0/s1. The Hall–Kier alpha value is -2.87. The predicted octanol–water partition coefficient (Wildman–Crippen LogP) is 4.66. The molecule has 1 aromatic rings. The molecule has 9 nitrogen and oxygen atoms in total. The van der Waals surface area contributed by atoms with Gasteiger partial charge in [0.25, 0.3) is 0 Å². The lowest BCUT2D eigenvalue weighted by atomic mass is 10.2. The third-order valence-corrected chi connectivity index (χ3v) is 10.7. The molecule has 10 heteroatoms. The van der Waals surface area contributed by atoms with Crippen molar-refractivity contribution in [1.82, 2.24) is 10.2 Å². The van der Waals surface area contributed by atoms with Crippen molar-refractivity contribution in [1.29, 1.82) is 0 Å². The number of amides is 2. The lowest BCUT2D eigenvalue weighted by Crippen LogP contribution is -2.41. The van der Waals surface area contributed by atoms with Gasteiger partial charge in [-0.3, -0.25) is 5.32 Å². The van der Waals surface area contributed by atoms with E-state index in [4.69, 9.17) is 13.9 Å². The van der Waals surface area contributed by atoms with Crippen LogP contribution < -0.4 is 5.32 Å². The van der Waals surface area contributed by atoms with Crippen molar-refractivity contribution in [3.63, 3.8) is 0 Å². The van der Waals surface area contributed by atoms with Gasteiger partial charge in [0.2, 0.25) is 5.96 Å². The van der Waals surface area contributed by atoms with Crippen LogP contribution in [0.4, 0.5) is 9.59 Å². The van der Waals surface area contributed by atoms with E-state index in [-0.39, 0.29) is 24.2 Å². The number of hydrogen-bond acceptors (Lipinski definition) is 6. The largest absolute Gasteiger partial charge is 0.444 e. The maximum Gasteiger partial charge on any atom is 0.437 e. The number of aliphatic hydroxyl groups excluding tert-OH is 1. The number of nitrogens with one attached hydrogen (secondary N) is 1. The van der Waals surface area contributed by atoms with Gasteiger partial charge in [-0.05, 0) is 44.5 Å². The molecule has 0 bridgehead atoms. The first-order valence-corrected chi connectivity index (χ1v) is 15.4. The predicted molar refractivity (Wildman–Crippen MR) is 145 cm³/mol. The minimum atomic E-state index is -1.86. The van der Waals surface area contributed by atoms with Crippen molar-refractivity contribution in [3.05, 3.63) is 35.9 Å². The van der Waals surface area contributed by atoms with Gasteiger partial charge in [0.1, 0.15) is 18.2 Å². The van der Waals surface area contributed by atoms with Gasteiger partial charge in [0.05, 0.1) is 12.6 Å². The Labute approximate surface area is 221 Å². The molecule has 37 heavy (non-hydrogen) atoms. The highest BCUT2D eigenvalue weighted by atomic mass is 28.4. The fourth-order valence-corrected chi connectivity index (χ4v) is 4.10. The summed E-state index contributed by atoms with van der Waals surface area (Å²) in [5.74, 6) is 6.10. The summed E-state index contributed by atoms with van der Waals surface area (Å²) in [5.41, 5.74) is 0.0538. The number of guanidine groups is 1. The monoisotopic (exact) mass is 531 g/mol. The molecule has 0 aromatic heterocycles. The fraction of sp³-hybridized carbons (Fsp3) is 0.593. The summed E-state index contributed by atoms with van der Waals surface area (Å²) in [7, 11) is -1.86. The molecule has 1 aliphatic rings. The summed E-state index contributed by atoms with van der Waals surface area (Å²) < 4.78 is 16.7. The molecule has 204 valence electrons. The minimum Gasteiger partial charge on any atom is -0.444 e. The Balaban J connectivity index is 2.09. The number of hydrogen-bond donors (Lipinski definition) is 2. The summed E-state index contributed by atoms with van der Waals surface area (Å²) >= 11 is 0. The number of ether oxygens (including phenoxy) is 2. The molecule has 2 rings (SSSR count). The lowest BCUT2D eigenvalue weighted by molar-refractivity contribution is 0.0559. The molecule has 0 aliphatic carbocycles. The van der Waals surface area contributed by atoms with Crippen LogP contribution in [0.15, 0.2) is 35.3 Å². The second kappa shape index (κ2) is 12.6.